The van der Waals surface area contributed by atoms with Gasteiger partial charge in [0, 0.05) is 5.69 Å². The van der Waals surface area contributed by atoms with E-state index in [9.17, 15) is 9.59 Å². The molecule has 2 amide bonds. The average Bonchev–Trinajstić information content (AvgIpc) is 3.13. The zero-order chi connectivity index (χ0) is 24.9. The number of carbonyl (C=O) groups is 2. The van der Waals surface area contributed by atoms with Gasteiger partial charge in [-0.15, -0.1) is 0 Å². The van der Waals surface area contributed by atoms with Crippen LogP contribution in [0.1, 0.15) is 18.1 Å². The Morgan fingerprint density at radius 1 is 1.09 bits per heavy atom. The number of halogens is 2. The van der Waals surface area contributed by atoms with Gasteiger partial charge in [-0.1, -0.05) is 78.4 Å². The molecule has 1 saturated heterocycles. The van der Waals surface area contributed by atoms with Gasteiger partial charge in [0.15, 0.2) is 10.9 Å². The predicted molar refractivity (Wildman–Crippen MR) is 149 cm³/mol. The number of hydrogen-bond donors (Lipinski definition) is 1. The molecule has 4 rings (SSSR count). The summed E-state index contributed by atoms with van der Waals surface area (Å²) in [6.45, 7) is 1.89. The van der Waals surface area contributed by atoms with Gasteiger partial charge in [0.2, 0.25) is 0 Å². The minimum atomic E-state index is -0.344. The quantitative estimate of drug-likeness (QED) is 0.257. The van der Waals surface area contributed by atoms with Crippen molar-refractivity contribution in [1.29, 1.82) is 0 Å². The maximum atomic E-state index is 13.0. The standard InChI is InChI=1S/C26H20Cl2N2O3S2/c1-2-16-6-9-19(10-7-16)30-25(32)23(35-26(30)34)13-17-4-3-5-20(12-17)33-15-24(31)29-18-8-11-21(27)22(28)14-18/h3-14H,2,15H2,1H3,(H,29,31)/b23-13-. The average molecular weight is 543 g/mol. The number of carbonyl (C=O) groups excluding carboxylic acids is 2. The normalized spacial score (nSPS) is 14.5. The van der Waals surface area contributed by atoms with Crippen LogP contribution in [0, 0.1) is 0 Å². The number of anilines is 2. The molecule has 3 aromatic rings. The van der Waals surface area contributed by atoms with Crippen molar-refractivity contribution in [2.75, 3.05) is 16.8 Å². The number of thiocarbonyl (C=S) groups is 1. The molecule has 0 unspecified atom stereocenters. The first kappa shape index (κ1) is 25.3. The first-order valence-electron chi connectivity index (χ1n) is 10.7. The molecule has 1 N–H and O–H groups in total. The van der Waals surface area contributed by atoms with Crippen LogP contribution in [0.2, 0.25) is 10.0 Å². The SMILES string of the molecule is CCc1ccc(N2C(=O)/C(=C/c3cccc(OCC(=O)Nc4ccc(Cl)c(Cl)c4)c3)SC2=S)cc1. The van der Waals surface area contributed by atoms with Crippen LogP contribution in [0.5, 0.6) is 5.75 Å². The highest BCUT2D eigenvalue weighted by molar-refractivity contribution is 8.27. The van der Waals surface area contributed by atoms with E-state index < -0.39 is 0 Å². The minimum Gasteiger partial charge on any atom is -0.484 e. The monoisotopic (exact) mass is 542 g/mol. The molecule has 0 aliphatic carbocycles. The van der Waals surface area contributed by atoms with E-state index in [0.29, 0.717) is 30.7 Å². The molecule has 9 heteroatoms. The van der Waals surface area contributed by atoms with Crippen molar-refractivity contribution in [2.24, 2.45) is 0 Å². The third-order valence-electron chi connectivity index (χ3n) is 5.13. The maximum Gasteiger partial charge on any atom is 0.270 e. The number of benzene rings is 3. The molecule has 3 aromatic carbocycles. The molecule has 0 spiro atoms. The Hall–Kier alpha value is -2.84. The van der Waals surface area contributed by atoms with Crippen LogP contribution in [0.3, 0.4) is 0 Å². The van der Waals surface area contributed by atoms with Crippen molar-refractivity contribution >= 4 is 80.8 Å². The van der Waals surface area contributed by atoms with Crippen molar-refractivity contribution in [3.63, 3.8) is 0 Å². The van der Waals surface area contributed by atoms with Crippen LogP contribution in [-0.4, -0.2) is 22.7 Å². The second kappa shape index (κ2) is 11.3. The molecule has 178 valence electrons. The van der Waals surface area contributed by atoms with E-state index in [0.717, 1.165) is 17.7 Å². The summed E-state index contributed by atoms with van der Waals surface area (Å²) in [5, 5.41) is 3.46. The Kier molecular flexibility index (Phi) is 8.13. The minimum absolute atomic E-state index is 0.170. The Labute approximate surface area is 223 Å². The first-order chi connectivity index (χ1) is 16.8. The molecule has 35 heavy (non-hydrogen) atoms. The van der Waals surface area contributed by atoms with E-state index >= 15 is 0 Å². The molecule has 5 nitrogen and oxygen atoms in total. The molecule has 1 fully saturated rings. The maximum absolute atomic E-state index is 13.0. The number of hydrogen-bond acceptors (Lipinski definition) is 5. The van der Waals surface area contributed by atoms with E-state index in [-0.39, 0.29) is 18.4 Å². The number of nitrogens with one attached hydrogen (secondary N) is 1. The van der Waals surface area contributed by atoms with Gasteiger partial charge in [0.1, 0.15) is 5.75 Å². The molecule has 0 bridgehead atoms. The third kappa shape index (κ3) is 6.24. The molecule has 1 aliphatic rings. The number of nitrogens with zero attached hydrogens (tertiary/aromatic N) is 1. The number of thioether (sulfide) groups is 1. The zero-order valence-corrected chi connectivity index (χ0v) is 21.7. The van der Waals surface area contributed by atoms with Crippen LogP contribution >= 0.6 is 47.2 Å². The Balaban J connectivity index is 1.41. The summed E-state index contributed by atoms with van der Waals surface area (Å²) < 4.78 is 6.11. The van der Waals surface area contributed by atoms with Gasteiger partial charge in [-0.05, 0) is 66.1 Å². The van der Waals surface area contributed by atoms with Crippen molar-refractivity contribution in [3.05, 3.63) is 92.8 Å². The van der Waals surface area contributed by atoms with Crippen LogP contribution < -0.4 is 15.0 Å². The topological polar surface area (TPSA) is 58.6 Å². The lowest BCUT2D eigenvalue weighted by molar-refractivity contribution is -0.118. The second-order valence-corrected chi connectivity index (χ2v) is 10.1. The van der Waals surface area contributed by atoms with Crippen LogP contribution in [0.15, 0.2) is 71.6 Å². The summed E-state index contributed by atoms with van der Waals surface area (Å²) >= 11 is 18.6. The van der Waals surface area contributed by atoms with Gasteiger partial charge in [-0.3, -0.25) is 14.5 Å². The fraction of sp³-hybridized carbons (Fsp3) is 0.115. The van der Waals surface area contributed by atoms with Crippen molar-refractivity contribution < 1.29 is 14.3 Å². The van der Waals surface area contributed by atoms with Crippen molar-refractivity contribution in [2.45, 2.75) is 13.3 Å². The third-order valence-corrected chi connectivity index (χ3v) is 7.17. The summed E-state index contributed by atoms with van der Waals surface area (Å²) in [4.78, 5) is 27.3. The van der Waals surface area contributed by atoms with E-state index in [2.05, 4.69) is 12.2 Å². The first-order valence-corrected chi connectivity index (χ1v) is 12.7. The fourth-order valence-corrected chi connectivity index (χ4v) is 4.93. The highest BCUT2D eigenvalue weighted by Gasteiger charge is 2.33. The van der Waals surface area contributed by atoms with Gasteiger partial charge in [-0.25, -0.2) is 0 Å². The van der Waals surface area contributed by atoms with Crippen LogP contribution in [0.25, 0.3) is 6.08 Å². The lowest BCUT2D eigenvalue weighted by Crippen LogP contribution is -2.27. The summed E-state index contributed by atoms with van der Waals surface area (Å²) in [5.74, 6) is -0.0194. The highest BCUT2D eigenvalue weighted by atomic mass is 35.5. The molecule has 0 saturated carbocycles. The largest absolute Gasteiger partial charge is 0.484 e. The molecule has 0 aromatic heterocycles. The number of amides is 2. The summed E-state index contributed by atoms with van der Waals surface area (Å²) in [6, 6.07) is 19.8. The molecule has 0 radical (unpaired) electrons. The summed E-state index contributed by atoms with van der Waals surface area (Å²) in [7, 11) is 0. The Morgan fingerprint density at radius 2 is 1.86 bits per heavy atom. The molecule has 1 heterocycles. The smallest absolute Gasteiger partial charge is 0.270 e. The van der Waals surface area contributed by atoms with E-state index in [1.54, 1.807) is 47.4 Å². The second-order valence-electron chi connectivity index (χ2n) is 7.58. The number of rotatable bonds is 7. The summed E-state index contributed by atoms with van der Waals surface area (Å²) in [5.41, 5.74) is 3.22. The molecule has 1 aliphatic heterocycles. The van der Waals surface area contributed by atoms with E-state index in [1.807, 2.05) is 30.3 Å². The number of aryl methyl sites for hydroxylation is 1. The molecular weight excluding hydrogens is 523 g/mol. The molecule has 0 atom stereocenters. The van der Waals surface area contributed by atoms with Crippen molar-refractivity contribution in [3.8, 4) is 5.75 Å². The lowest BCUT2D eigenvalue weighted by atomic mass is 10.1. The van der Waals surface area contributed by atoms with Crippen LogP contribution in [0.4, 0.5) is 11.4 Å². The van der Waals surface area contributed by atoms with Gasteiger partial charge >= 0.3 is 0 Å². The van der Waals surface area contributed by atoms with E-state index in [1.165, 1.54) is 17.3 Å². The Bertz CT molecular complexity index is 1330. The van der Waals surface area contributed by atoms with Gasteiger partial charge < -0.3 is 10.1 Å². The van der Waals surface area contributed by atoms with Gasteiger partial charge in [0.25, 0.3) is 11.8 Å². The van der Waals surface area contributed by atoms with Crippen LogP contribution in [-0.2, 0) is 16.0 Å². The summed E-state index contributed by atoms with van der Waals surface area (Å²) in [6.07, 6.45) is 2.69. The molecular formula is C26H20Cl2N2O3S2. The lowest BCUT2D eigenvalue weighted by Gasteiger charge is -2.14. The van der Waals surface area contributed by atoms with Crippen molar-refractivity contribution in [1.82, 2.24) is 0 Å². The predicted octanol–water partition coefficient (Wildman–Crippen LogP) is 6.98. The number of ether oxygens (including phenoxy) is 1. The highest BCUT2D eigenvalue weighted by Crippen LogP contribution is 2.36. The zero-order valence-electron chi connectivity index (χ0n) is 18.6. The van der Waals surface area contributed by atoms with Gasteiger partial charge in [-0.2, -0.15) is 0 Å². The Morgan fingerprint density at radius 3 is 2.57 bits per heavy atom. The van der Waals surface area contributed by atoms with E-state index in [4.69, 9.17) is 40.2 Å². The fourth-order valence-electron chi connectivity index (χ4n) is 3.34. The van der Waals surface area contributed by atoms with Gasteiger partial charge in [0.05, 0.1) is 20.6 Å².